The number of hydrogen-bond donors (Lipinski definition) is 0. The summed E-state index contributed by atoms with van der Waals surface area (Å²) in [6.07, 6.45) is 1.45. The lowest BCUT2D eigenvalue weighted by Gasteiger charge is -2.05. The molecule has 1 aromatic heterocycles. The van der Waals surface area contributed by atoms with Crippen molar-refractivity contribution >= 4 is 33.5 Å². The maximum atomic E-state index is 12.0. The molecule has 0 aliphatic heterocycles. The molecule has 116 valence electrons. The molecule has 6 heteroatoms. The standard InChI is InChI=1S/C17H11BrClNO3/c18-12-6-7-15(14(19)8-12)23-16(21)9-13-10-22-17(20-13)11-4-2-1-3-5-11/h1-8,10H,9H2. The summed E-state index contributed by atoms with van der Waals surface area (Å²) in [5.41, 5.74) is 1.35. The number of benzene rings is 2. The highest BCUT2D eigenvalue weighted by atomic mass is 79.9. The van der Waals surface area contributed by atoms with Crippen LogP contribution in [0.15, 0.2) is 63.7 Å². The Morgan fingerprint density at radius 1 is 1.22 bits per heavy atom. The first-order valence-electron chi connectivity index (χ1n) is 6.77. The first-order valence-corrected chi connectivity index (χ1v) is 7.94. The Kier molecular flexibility index (Phi) is 4.79. The largest absolute Gasteiger partial charge is 0.444 e. The Labute approximate surface area is 146 Å². The highest BCUT2D eigenvalue weighted by molar-refractivity contribution is 9.10. The van der Waals surface area contributed by atoms with Crippen molar-refractivity contribution < 1.29 is 13.9 Å². The van der Waals surface area contributed by atoms with Crippen LogP contribution in [-0.2, 0) is 11.2 Å². The van der Waals surface area contributed by atoms with Crippen LogP contribution in [0.2, 0.25) is 5.02 Å². The molecule has 0 atom stereocenters. The van der Waals surface area contributed by atoms with E-state index < -0.39 is 5.97 Å². The van der Waals surface area contributed by atoms with E-state index in [-0.39, 0.29) is 6.42 Å². The molecule has 3 rings (SSSR count). The van der Waals surface area contributed by atoms with Gasteiger partial charge in [-0.15, -0.1) is 0 Å². The van der Waals surface area contributed by atoms with Crippen LogP contribution in [0, 0.1) is 0 Å². The average Bonchev–Trinajstić information content (AvgIpc) is 2.99. The van der Waals surface area contributed by atoms with E-state index in [0.29, 0.717) is 22.4 Å². The molecule has 0 saturated heterocycles. The molecule has 0 unspecified atom stereocenters. The third-order valence-electron chi connectivity index (χ3n) is 3.02. The van der Waals surface area contributed by atoms with E-state index >= 15 is 0 Å². The number of esters is 1. The second-order valence-corrected chi connectivity index (χ2v) is 6.06. The third kappa shape index (κ3) is 4.00. The van der Waals surface area contributed by atoms with Crippen LogP contribution in [0.3, 0.4) is 0 Å². The number of carbonyl (C=O) groups excluding carboxylic acids is 1. The Hall–Kier alpha value is -2.11. The number of hydrogen-bond acceptors (Lipinski definition) is 4. The number of carbonyl (C=O) groups is 1. The van der Waals surface area contributed by atoms with Crippen molar-refractivity contribution in [3.05, 3.63) is 70.0 Å². The van der Waals surface area contributed by atoms with Gasteiger partial charge in [-0.05, 0) is 30.3 Å². The molecule has 0 spiro atoms. The molecule has 0 radical (unpaired) electrons. The van der Waals surface area contributed by atoms with Gasteiger partial charge in [-0.1, -0.05) is 45.7 Å². The summed E-state index contributed by atoms with van der Waals surface area (Å²) in [5.74, 6) is 0.323. The van der Waals surface area contributed by atoms with Crippen LogP contribution in [-0.4, -0.2) is 11.0 Å². The molecule has 0 aliphatic rings. The van der Waals surface area contributed by atoms with Crippen LogP contribution >= 0.6 is 27.5 Å². The second-order valence-electron chi connectivity index (χ2n) is 4.74. The highest BCUT2D eigenvalue weighted by Crippen LogP contribution is 2.28. The van der Waals surface area contributed by atoms with Gasteiger partial charge >= 0.3 is 5.97 Å². The van der Waals surface area contributed by atoms with Gasteiger partial charge in [0.2, 0.25) is 5.89 Å². The quantitative estimate of drug-likeness (QED) is 0.468. The zero-order chi connectivity index (χ0) is 16.2. The lowest BCUT2D eigenvalue weighted by atomic mass is 10.2. The molecular formula is C17H11BrClNO3. The minimum atomic E-state index is -0.456. The molecule has 3 aromatic rings. The molecule has 0 aliphatic carbocycles. The zero-order valence-electron chi connectivity index (χ0n) is 11.8. The van der Waals surface area contributed by atoms with Gasteiger partial charge < -0.3 is 9.15 Å². The Morgan fingerprint density at radius 2 is 2.00 bits per heavy atom. The first kappa shape index (κ1) is 15.8. The summed E-state index contributed by atoms with van der Waals surface area (Å²) in [7, 11) is 0. The molecule has 1 heterocycles. The first-order chi connectivity index (χ1) is 11.1. The molecule has 2 aromatic carbocycles. The van der Waals surface area contributed by atoms with Crippen molar-refractivity contribution in [1.29, 1.82) is 0 Å². The second kappa shape index (κ2) is 6.98. The fourth-order valence-corrected chi connectivity index (χ4v) is 2.68. The summed E-state index contributed by atoms with van der Waals surface area (Å²) < 4.78 is 11.4. The summed E-state index contributed by atoms with van der Waals surface area (Å²) >= 11 is 9.31. The van der Waals surface area contributed by atoms with Gasteiger partial charge in [0.05, 0.1) is 17.1 Å². The predicted molar refractivity (Wildman–Crippen MR) is 90.4 cm³/mol. The number of oxazole rings is 1. The van der Waals surface area contributed by atoms with Crippen LogP contribution < -0.4 is 4.74 Å². The Morgan fingerprint density at radius 3 is 2.74 bits per heavy atom. The fourth-order valence-electron chi connectivity index (χ4n) is 1.97. The van der Waals surface area contributed by atoms with Crippen molar-refractivity contribution in [3.63, 3.8) is 0 Å². The number of rotatable bonds is 4. The molecule has 0 amide bonds. The monoisotopic (exact) mass is 391 g/mol. The van der Waals surface area contributed by atoms with E-state index in [1.54, 1.807) is 18.2 Å². The third-order valence-corrected chi connectivity index (χ3v) is 3.80. The Balaban J connectivity index is 1.68. The summed E-state index contributed by atoms with van der Waals surface area (Å²) in [5, 5.41) is 0.359. The fraction of sp³-hybridized carbons (Fsp3) is 0.0588. The maximum Gasteiger partial charge on any atom is 0.317 e. The van der Waals surface area contributed by atoms with Gasteiger partial charge in [-0.3, -0.25) is 4.79 Å². The highest BCUT2D eigenvalue weighted by Gasteiger charge is 2.13. The Bertz CT molecular complexity index is 833. The predicted octanol–water partition coefficient (Wildman–Crippen LogP) is 4.91. The van der Waals surface area contributed by atoms with Crippen LogP contribution in [0.25, 0.3) is 11.5 Å². The number of nitrogens with zero attached hydrogens (tertiary/aromatic N) is 1. The van der Waals surface area contributed by atoms with E-state index in [1.807, 2.05) is 30.3 Å². The molecule has 0 bridgehead atoms. The number of halogens is 2. The van der Waals surface area contributed by atoms with Crippen LogP contribution in [0.5, 0.6) is 5.75 Å². The van der Waals surface area contributed by atoms with Gasteiger partial charge in [-0.25, -0.2) is 4.98 Å². The van der Waals surface area contributed by atoms with E-state index in [9.17, 15) is 4.79 Å². The van der Waals surface area contributed by atoms with Crippen molar-refractivity contribution in [2.75, 3.05) is 0 Å². The smallest absolute Gasteiger partial charge is 0.317 e. The van der Waals surface area contributed by atoms with Crippen LogP contribution in [0.1, 0.15) is 5.69 Å². The SMILES string of the molecule is O=C(Cc1coc(-c2ccccc2)n1)Oc1ccc(Br)cc1Cl. The normalized spacial score (nSPS) is 10.5. The molecule has 23 heavy (non-hydrogen) atoms. The van der Waals surface area contributed by atoms with Crippen molar-refractivity contribution in [2.45, 2.75) is 6.42 Å². The van der Waals surface area contributed by atoms with E-state index in [0.717, 1.165) is 10.0 Å². The number of ether oxygens (including phenoxy) is 1. The number of aromatic nitrogens is 1. The van der Waals surface area contributed by atoms with Gasteiger partial charge in [-0.2, -0.15) is 0 Å². The summed E-state index contributed by atoms with van der Waals surface area (Å²) in [6, 6.07) is 14.5. The maximum absolute atomic E-state index is 12.0. The van der Waals surface area contributed by atoms with Crippen molar-refractivity contribution in [1.82, 2.24) is 4.98 Å². The minimum Gasteiger partial charge on any atom is -0.444 e. The molecule has 0 saturated carbocycles. The summed E-state index contributed by atoms with van der Waals surface area (Å²) in [4.78, 5) is 16.3. The van der Waals surface area contributed by atoms with Gasteiger partial charge in [0.15, 0.2) is 0 Å². The lowest BCUT2D eigenvalue weighted by Crippen LogP contribution is -2.11. The van der Waals surface area contributed by atoms with E-state index in [2.05, 4.69) is 20.9 Å². The zero-order valence-corrected chi connectivity index (χ0v) is 14.2. The van der Waals surface area contributed by atoms with Gasteiger partial charge in [0.25, 0.3) is 0 Å². The lowest BCUT2D eigenvalue weighted by molar-refractivity contribution is -0.133. The van der Waals surface area contributed by atoms with Crippen molar-refractivity contribution in [3.8, 4) is 17.2 Å². The van der Waals surface area contributed by atoms with Crippen LogP contribution in [0.4, 0.5) is 0 Å². The van der Waals surface area contributed by atoms with E-state index in [1.165, 1.54) is 6.26 Å². The topological polar surface area (TPSA) is 52.3 Å². The molecule has 0 fully saturated rings. The van der Waals surface area contributed by atoms with Crippen molar-refractivity contribution in [2.24, 2.45) is 0 Å². The van der Waals surface area contributed by atoms with E-state index in [4.69, 9.17) is 20.8 Å². The molecule has 0 N–H and O–H groups in total. The summed E-state index contributed by atoms with van der Waals surface area (Å²) in [6.45, 7) is 0. The average molecular weight is 393 g/mol. The molecule has 4 nitrogen and oxygen atoms in total. The van der Waals surface area contributed by atoms with Gasteiger partial charge in [0, 0.05) is 10.0 Å². The molecular weight excluding hydrogens is 382 g/mol. The minimum absolute atomic E-state index is 0.00270. The van der Waals surface area contributed by atoms with Gasteiger partial charge in [0.1, 0.15) is 12.0 Å².